The van der Waals surface area contributed by atoms with Gasteiger partial charge in [-0.15, -0.1) is 11.3 Å². The van der Waals surface area contributed by atoms with Gasteiger partial charge in [-0.3, -0.25) is 9.78 Å². The average molecular weight is 546 g/mol. The molecule has 2 aromatic heterocycles. The minimum Gasteiger partial charge on any atom is -0.383 e. The van der Waals surface area contributed by atoms with Crippen molar-refractivity contribution < 1.29 is 31.1 Å². The number of carbonyl (C=O) groups is 1. The molecule has 0 radical (unpaired) electrons. The minimum absolute atomic E-state index is 0.0141. The first-order valence-corrected chi connectivity index (χ1v) is 11.6. The molecule has 0 saturated carbocycles. The van der Waals surface area contributed by atoms with Crippen molar-refractivity contribution in [3.05, 3.63) is 93.7 Å². The Labute approximate surface area is 216 Å². The molecule has 2 aromatic carbocycles. The zero-order valence-electron chi connectivity index (χ0n) is 19.3. The Balaban J connectivity index is 1.63. The maximum Gasteiger partial charge on any atom is 0.416 e. The highest BCUT2D eigenvalue weighted by atomic mass is 32.1. The molecule has 12 heteroatoms. The van der Waals surface area contributed by atoms with Gasteiger partial charge in [-0.25, -0.2) is 4.98 Å². The normalized spacial score (nSPS) is 11.6. The number of aryl methyl sites for hydroxylation is 1. The van der Waals surface area contributed by atoms with Crippen LogP contribution in [0.15, 0.2) is 60.4 Å². The Morgan fingerprint density at radius 1 is 0.921 bits per heavy atom. The van der Waals surface area contributed by atoms with Crippen molar-refractivity contribution in [1.82, 2.24) is 9.97 Å². The second-order valence-electron chi connectivity index (χ2n) is 8.05. The van der Waals surface area contributed by atoms with E-state index in [0.29, 0.717) is 28.8 Å². The second-order valence-corrected chi connectivity index (χ2v) is 8.94. The molecule has 0 saturated heterocycles. The van der Waals surface area contributed by atoms with E-state index in [0.717, 1.165) is 10.4 Å². The SMILES string of the molecule is Cc1ccc(C(=O)Nc2cc(C(F)(F)F)cc(C(F)(F)F)c2)cc1C#Cc1cc(-c2cncs2)cnc1N. The summed E-state index contributed by atoms with van der Waals surface area (Å²) in [6.45, 7) is 1.73. The Morgan fingerprint density at radius 3 is 2.18 bits per heavy atom. The van der Waals surface area contributed by atoms with Crippen molar-refractivity contribution in [3.8, 4) is 22.3 Å². The fourth-order valence-electron chi connectivity index (χ4n) is 3.33. The number of nitrogens with zero attached hydrogens (tertiary/aromatic N) is 2. The summed E-state index contributed by atoms with van der Waals surface area (Å²) in [5.74, 6) is 5.08. The Kier molecular flexibility index (Phi) is 7.15. The molecule has 0 fully saturated rings. The van der Waals surface area contributed by atoms with Crippen LogP contribution in [-0.2, 0) is 12.4 Å². The second kappa shape index (κ2) is 10.2. The van der Waals surface area contributed by atoms with Crippen LogP contribution in [0.3, 0.4) is 0 Å². The van der Waals surface area contributed by atoms with Gasteiger partial charge in [0.1, 0.15) is 5.82 Å². The molecular weight excluding hydrogens is 530 g/mol. The maximum atomic E-state index is 13.1. The smallest absolute Gasteiger partial charge is 0.383 e. The standard InChI is InChI=1S/C26H16F6N4OS/c1-14-2-3-17(24(37)36-21-9-19(25(27,28)29)8-20(10-21)26(30,31)32)6-15(14)4-5-16-7-18(11-35-23(16)33)22-12-34-13-38-22/h2-3,6-13H,1H3,(H2,33,35)(H,36,37). The van der Waals surface area contributed by atoms with Crippen molar-refractivity contribution in [2.45, 2.75) is 19.3 Å². The lowest BCUT2D eigenvalue weighted by molar-refractivity contribution is -0.143. The molecule has 0 bridgehead atoms. The van der Waals surface area contributed by atoms with Crippen LogP contribution in [0, 0.1) is 18.8 Å². The van der Waals surface area contributed by atoms with Crippen LogP contribution in [0.1, 0.15) is 38.2 Å². The average Bonchev–Trinajstić information content (AvgIpc) is 3.38. The maximum absolute atomic E-state index is 13.1. The highest BCUT2D eigenvalue weighted by Gasteiger charge is 2.37. The van der Waals surface area contributed by atoms with Gasteiger partial charge in [-0.05, 0) is 48.9 Å². The number of carbonyl (C=O) groups excluding carboxylic acids is 1. The van der Waals surface area contributed by atoms with Crippen LogP contribution >= 0.6 is 11.3 Å². The number of nitrogens with two attached hydrogens (primary N) is 1. The predicted molar refractivity (Wildman–Crippen MR) is 131 cm³/mol. The lowest BCUT2D eigenvalue weighted by Crippen LogP contribution is -2.16. The molecule has 0 aliphatic rings. The molecule has 0 spiro atoms. The number of rotatable bonds is 3. The van der Waals surface area contributed by atoms with Gasteiger partial charge in [0.05, 0.1) is 27.1 Å². The van der Waals surface area contributed by atoms with Gasteiger partial charge in [-0.2, -0.15) is 26.3 Å². The molecule has 38 heavy (non-hydrogen) atoms. The fourth-order valence-corrected chi connectivity index (χ4v) is 3.94. The number of nitrogen functional groups attached to an aromatic ring is 1. The van der Waals surface area contributed by atoms with Gasteiger partial charge >= 0.3 is 12.4 Å². The van der Waals surface area contributed by atoms with Gasteiger partial charge < -0.3 is 11.1 Å². The first-order valence-electron chi connectivity index (χ1n) is 10.7. The number of nitrogens with one attached hydrogen (secondary N) is 1. The van der Waals surface area contributed by atoms with Crippen molar-refractivity contribution in [2.24, 2.45) is 0 Å². The summed E-state index contributed by atoms with van der Waals surface area (Å²) < 4.78 is 78.8. The van der Waals surface area contributed by atoms with Gasteiger partial charge in [0, 0.05) is 34.8 Å². The molecule has 5 nitrogen and oxygen atoms in total. The van der Waals surface area contributed by atoms with Crippen LogP contribution in [0.2, 0.25) is 0 Å². The first-order chi connectivity index (χ1) is 17.8. The van der Waals surface area contributed by atoms with Crippen LogP contribution in [0.5, 0.6) is 0 Å². The van der Waals surface area contributed by atoms with Crippen LogP contribution < -0.4 is 11.1 Å². The van der Waals surface area contributed by atoms with E-state index in [9.17, 15) is 31.1 Å². The van der Waals surface area contributed by atoms with Crippen LogP contribution in [0.4, 0.5) is 37.8 Å². The highest BCUT2D eigenvalue weighted by molar-refractivity contribution is 7.13. The van der Waals surface area contributed by atoms with E-state index in [4.69, 9.17) is 5.73 Å². The van der Waals surface area contributed by atoms with Crippen LogP contribution in [-0.4, -0.2) is 15.9 Å². The molecule has 2 heterocycles. The molecule has 0 atom stereocenters. The molecule has 1 amide bonds. The summed E-state index contributed by atoms with van der Waals surface area (Å²) >= 11 is 1.41. The summed E-state index contributed by atoms with van der Waals surface area (Å²) in [6.07, 6.45) is -6.83. The third-order valence-corrected chi connectivity index (χ3v) is 6.13. The number of anilines is 2. The van der Waals surface area contributed by atoms with Crippen molar-refractivity contribution in [2.75, 3.05) is 11.1 Å². The topological polar surface area (TPSA) is 80.9 Å². The van der Waals surface area contributed by atoms with Crippen LogP contribution in [0.25, 0.3) is 10.4 Å². The third-order valence-electron chi connectivity index (χ3n) is 5.31. The van der Waals surface area contributed by atoms with Crippen molar-refractivity contribution >= 4 is 28.7 Å². The number of halogens is 6. The molecule has 0 aliphatic carbocycles. The van der Waals surface area contributed by atoms with Gasteiger partial charge in [0.25, 0.3) is 5.91 Å². The number of amides is 1. The molecule has 0 aliphatic heterocycles. The lowest BCUT2D eigenvalue weighted by Gasteiger charge is -2.15. The molecule has 3 N–H and O–H groups in total. The van der Waals surface area contributed by atoms with E-state index in [-0.39, 0.29) is 17.4 Å². The summed E-state index contributed by atoms with van der Waals surface area (Å²) in [7, 11) is 0. The van der Waals surface area contributed by atoms with E-state index in [1.165, 1.54) is 23.5 Å². The Bertz CT molecular complexity index is 1540. The van der Waals surface area contributed by atoms with Gasteiger partial charge in [0.15, 0.2) is 0 Å². The number of thiazole rings is 1. The van der Waals surface area contributed by atoms with E-state index < -0.39 is 35.1 Å². The van der Waals surface area contributed by atoms with Gasteiger partial charge in [0.2, 0.25) is 0 Å². The van der Waals surface area contributed by atoms with E-state index in [1.54, 1.807) is 37.0 Å². The quantitative estimate of drug-likeness (QED) is 0.219. The summed E-state index contributed by atoms with van der Waals surface area (Å²) in [4.78, 5) is 21.8. The molecule has 0 unspecified atom stereocenters. The summed E-state index contributed by atoms with van der Waals surface area (Å²) in [5, 5.41) is 2.11. The molecule has 194 valence electrons. The van der Waals surface area contributed by atoms with Gasteiger partial charge in [-0.1, -0.05) is 17.9 Å². The Hall–Kier alpha value is -4.37. The predicted octanol–water partition coefficient (Wildman–Crippen LogP) is 6.79. The monoisotopic (exact) mass is 546 g/mol. The zero-order chi connectivity index (χ0) is 27.7. The fraction of sp³-hybridized carbons (Fsp3) is 0.115. The number of pyridine rings is 1. The van der Waals surface area contributed by atoms with E-state index in [1.807, 2.05) is 0 Å². The largest absolute Gasteiger partial charge is 0.416 e. The summed E-state index contributed by atoms with van der Waals surface area (Å²) in [5.41, 5.74) is 6.14. The molecule has 4 rings (SSSR count). The zero-order valence-corrected chi connectivity index (χ0v) is 20.1. The third kappa shape index (κ3) is 6.12. The van der Waals surface area contributed by atoms with E-state index >= 15 is 0 Å². The lowest BCUT2D eigenvalue weighted by atomic mass is 10.0. The highest BCUT2D eigenvalue weighted by Crippen LogP contribution is 2.37. The number of hydrogen-bond donors (Lipinski definition) is 2. The van der Waals surface area contributed by atoms with E-state index in [2.05, 4.69) is 27.1 Å². The first kappa shape index (κ1) is 26.7. The number of hydrogen-bond acceptors (Lipinski definition) is 5. The number of benzene rings is 2. The van der Waals surface area contributed by atoms with Crippen molar-refractivity contribution in [1.29, 1.82) is 0 Å². The molecular formula is C26H16F6N4OS. The number of aromatic nitrogens is 2. The summed E-state index contributed by atoms with van der Waals surface area (Å²) in [6, 6.07) is 6.92. The van der Waals surface area contributed by atoms with Crippen molar-refractivity contribution in [3.63, 3.8) is 0 Å². The molecule has 4 aromatic rings. The minimum atomic E-state index is -5.04. The Morgan fingerprint density at radius 2 is 1.58 bits per heavy atom. The number of alkyl halides is 6.